The maximum atomic E-state index is 10.9. The van der Waals surface area contributed by atoms with Crippen LogP contribution in [-0.4, -0.2) is 24.8 Å². The number of fused-ring (bicyclic) bond motifs is 1. The molecule has 20 heavy (non-hydrogen) atoms. The summed E-state index contributed by atoms with van der Waals surface area (Å²) in [5.74, 6) is -1.09. The second-order valence-electron chi connectivity index (χ2n) is 3.91. The van der Waals surface area contributed by atoms with Crippen molar-refractivity contribution in [3.05, 3.63) is 41.2 Å². The highest BCUT2D eigenvalue weighted by atomic mass is 35.5. The number of rotatable bonds is 3. The first kappa shape index (κ1) is 12.8. The van der Waals surface area contributed by atoms with Crippen LogP contribution in [0.1, 0.15) is 10.5 Å². The summed E-state index contributed by atoms with van der Waals surface area (Å²) in [4.78, 5) is 14.7. The molecule has 0 bridgehead atoms. The number of anilines is 2. The average molecular weight is 307 g/mol. The van der Waals surface area contributed by atoms with Crippen LogP contribution in [0.5, 0.6) is 0 Å². The van der Waals surface area contributed by atoms with E-state index in [0.717, 1.165) is 17.2 Å². The number of aromatic carboxylic acids is 1. The van der Waals surface area contributed by atoms with Crippen molar-refractivity contribution in [3.63, 3.8) is 0 Å². The van der Waals surface area contributed by atoms with Gasteiger partial charge in [0.2, 0.25) is 0 Å². The van der Waals surface area contributed by atoms with Crippen molar-refractivity contribution in [1.82, 2.24) is 13.7 Å². The molecular formula is C12H7ClN4O2S. The lowest BCUT2D eigenvalue weighted by atomic mass is 10.2. The van der Waals surface area contributed by atoms with Crippen LogP contribution in [0.15, 0.2) is 30.5 Å². The summed E-state index contributed by atoms with van der Waals surface area (Å²) in [5.41, 5.74) is 2.50. The zero-order valence-corrected chi connectivity index (χ0v) is 11.4. The standard InChI is InChI=1S/C12H7ClN4O2S/c13-7-1-2-8-11(17-20-16-8)10(7)15-6-3-4-14-9(5-6)12(18)19/h1-5H,(H,14,15)(H,18,19). The minimum atomic E-state index is -1.09. The fraction of sp³-hybridized carbons (Fsp3) is 0. The summed E-state index contributed by atoms with van der Waals surface area (Å²) in [6.07, 6.45) is 1.42. The molecule has 0 radical (unpaired) electrons. The number of aromatic nitrogens is 3. The molecule has 0 spiro atoms. The van der Waals surface area contributed by atoms with Crippen LogP contribution in [0.3, 0.4) is 0 Å². The molecule has 0 amide bonds. The fourth-order valence-corrected chi connectivity index (χ4v) is 2.46. The smallest absolute Gasteiger partial charge is 0.354 e. The number of nitrogens with zero attached hydrogens (tertiary/aromatic N) is 3. The molecule has 1 aromatic carbocycles. The van der Waals surface area contributed by atoms with Gasteiger partial charge < -0.3 is 10.4 Å². The van der Waals surface area contributed by atoms with E-state index < -0.39 is 5.97 Å². The lowest BCUT2D eigenvalue weighted by molar-refractivity contribution is 0.0690. The Hall–Kier alpha value is -2.25. The van der Waals surface area contributed by atoms with E-state index in [4.69, 9.17) is 16.7 Å². The number of pyridine rings is 1. The molecule has 2 N–H and O–H groups in total. The third kappa shape index (κ3) is 2.28. The van der Waals surface area contributed by atoms with Gasteiger partial charge >= 0.3 is 5.97 Å². The lowest BCUT2D eigenvalue weighted by Gasteiger charge is -2.09. The highest BCUT2D eigenvalue weighted by Gasteiger charge is 2.11. The van der Waals surface area contributed by atoms with Gasteiger partial charge in [-0.05, 0) is 24.3 Å². The number of nitrogens with one attached hydrogen (secondary N) is 1. The largest absolute Gasteiger partial charge is 0.477 e. The molecule has 0 aliphatic carbocycles. The second-order valence-corrected chi connectivity index (χ2v) is 4.85. The first-order chi connectivity index (χ1) is 9.65. The molecule has 6 nitrogen and oxygen atoms in total. The zero-order valence-electron chi connectivity index (χ0n) is 9.87. The Morgan fingerprint density at radius 1 is 1.30 bits per heavy atom. The first-order valence-electron chi connectivity index (χ1n) is 5.52. The molecule has 0 aliphatic rings. The number of carbonyl (C=O) groups is 1. The Morgan fingerprint density at radius 2 is 2.15 bits per heavy atom. The molecule has 8 heteroatoms. The number of halogens is 1. The fourth-order valence-electron chi connectivity index (χ4n) is 1.72. The second kappa shape index (κ2) is 5.03. The number of benzene rings is 1. The Labute approximate surface area is 122 Å². The molecule has 0 unspecified atom stereocenters. The summed E-state index contributed by atoms with van der Waals surface area (Å²) in [5, 5.41) is 12.5. The number of hydrogen-bond acceptors (Lipinski definition) is 6. The van der Waals surface area contributed by atoms with E-state index in [-0.39, 0.29) is 5.69 Å². The van der Waals surface area contributed by atoms with Crippen LogP contribution >= 0.6 is 23.3 Å². The summed E-state index contributed by atoms with van der Waals surface area (Å²) >= 11 is 7.24. The molecular weight excluding hydrogens is 300 g/mol. The van der Waals surface area contributed by atoms with Gasteiger partial charge in [0.15, 0.2) is 0 Å². The van der Waals surface area contributed by atoms with Gasteiger partial charge in [0.25, 0.3) is 0 Å². The highest BCUT2D eigenvalue weighted by Crippen LogP contribution is 2.32. The van der Waals surface area contributed by atoms with Crippen LogP contribution in [0.25, 0.3) is 11.0 Å². The number of carboxylic acids is 1. The molecule has 0 saturated heterocycles. The van der Waals surface area contributed by atoms with E-state index in [1.807, 2.05) is 0 Å². The molecule has 0 atom stereocenters. The minimum absolute atomic E-state index is 0.0466. The van der Waals surface area contributed by atoms with Gasteiger partial charge in [0.05, 0.1) is 22.4 Å². The van der Waals surface area contributed by atoms with Crippen molar-refractivity contribution in [2.75, 3.05) is 5.32 Å². The number of hydrogen-bond donors (Lipinski definition) is 2. The van der Waals surface area contributed by atoms with Gasteiger partial charge in [-0.2, -0.15) is 8.75 Å². The normalized spacial score (nSPS) is 10.7. The van der Waals surface area contributed by atoms with Gasteiger partial charge in [0, 0.05) is 11.9 Å². The predicted molar refractivity (Wildman–Crippen MR) is 76.9 cm³/mol. The molecule has 0 fully saturated rings. The quantitative estimate of drug-likeness (QED) is 0.772. The monoisotopic (exact) mass is 306 g/mol. The predicted octanol–water partition coefficient (Wildman–Crippen LogP) is 3.18. The van der Waals surface area contributed by atoms with E-state index in [0.29, 0.717) is 21.9 Å². The van der Waals surface area contributed by atoms with Crippen molar-refractivity contribution >= 4 is 51.7 Å². The van der Waals surface area contributed by atoms with Gasteiger partial charge in [-0.3, -0.25) is 0 Å². The summed E-state index contributed by atoms with van der Waals surface area (Å²) in [6.45, 7) is 0. The molecule has 3 aromatic rings. The van der Waals surface area contributed by atoms with Crippen molar-refractivity contribution < 1.29 is 9.90 Å². The Balaban J connectivity index is 2.05. The van der Waals surface area contributed by atoms with Crippen molar-refractivity contribution in [2.45, 2.75) is 0 Å². The first-order valence-corrected chi connectivity index (χ1v) is 6.63. The van der Waals surface area contributed by atoms with E-state index >= 15 is 0 Å². The Kier molecular flexibility index (Phi) is 3.21. The molecule has 0 saturated carbocycles. The van der Waals surface area contributed by atoms with E-state index in [1.54, 1.807) is 18.2 Å². The minimum Gasteiger partial charge on any atom is -0.477 e. The van der Waals surface area contributed by atoms with Crippen LogP contribution in [0, 0.1) is 0 Å². The van der Waals surface area contributed by atoms with Crippen molar-refractivity contribution in [2.24, 2.45) is 0 Å². The molecule has 2 heterocycles. The Bertz CT molecular complexity index is 805. The van der Waals surface area contributed by atoms with Crippen LogP contribution in [0.4, 0.5) is 11.4 Å². The van der Waals surface area contributed by atoms with Crippen LogP contribution < -0.4 is 5.32 Å². The highest BCUT2D eigenvalue weighted by molar-refractivity contribution is 7.00. The van der Waals surface area contributed by atoms with E-state index in [9.17, 15) is 4.79 Å². The van der Waals surface area contributed by atoms with Crippen LogP contribution in [0.2, 0.25) is 5.02 Å². The third-order valence-electron chi connectivity index (χ3n) is 2.63. The lowest BCUT2D eigenvalue weighted by Crippen LogP contribution is -2.01. The van der Waals surface area contributed by atoms with E-state index in [1.165, 1.54) is 12.3 Å². The van der Waals surface area contributed by atoms with Gasteiger partial charge in [0.1, 0.15) is 16.7 Å². The molecule has 0 aliphatic heterocycles. The summed E-state index contributed by atoms with van der Waals surface area (Å²) in [7, 11) is 0. The summed E-state index contributed by atoms with van der Waals surface area (Å²) < 4.78 is 8.32. The topological polar surface area (TPSA) is 88.0 Å². The maximum Gasteiger partial charge on any atom is 0.354 e. The third-order valence-corrected chi connectivity index (χ3v) is 3.48. The molecule has 2 aromatic heterocycles. The van der Waals surface area contributed by atoms with Gasteiger partial charge in [-0.1, -0.05) is 11.6 Å². The summed E-state index contributed by atoms with van der Waals surface area (Å²) in [6, 6.07) is 6.58. The van der Waals surface area contributed by atoms with Gasteiger partial charge in [-0.15, -0.1) is 0 Å². The molecule has 100 valence electrons. The van der Waals surface area contributed by atoms with Gasteiger partial charge in [-0.25, -0.2) is 9.78 Å². The van der Waals surface area contributed by atoms with Crippen molar-refractivity contribution in [3.8, 4) is 0 Å². The maximum absolute atomic E-state index is 10.9. The van der Waals surface area contributed by atoms with E-state index in [2.05, 4.69) is 19.0 Å². The van der Waals surface area contributed by atoms with Crippen LogP contribution in [-0.2, 0) is 0 Å². The molecule has 3 rings (SSSR count). The Morgan fingerprint density at radius 3 is 2.95 bits per heavy atom. The SMILES string of the molecule is O=C(O)c1cc(Nc2c(Cl)ccc3nsnc23)ccn1. The number of carboxylic acid groups (broad SMARTS) is 1. The average Bonchev–Trinajstić information content (AvgIpc) is 2.91. The zero-order chi connectivity index (χ0) is 14.1. The van der Waals surface area contributed by atoms with Crippen molar-refractivity contribution in [1.29, 1.82) is 0 Å².